The number of hydrogen-bond acceptors (Lipinski definition) is 1. The number of alkyl halides is 5. The summed E-state index contributed by atoms with van der Waals surface area (Å²) in [4.78, 5) is 0. The molecule has 3 saturated carbocycles. The lowest BCUT2D eigenvalue weighted by Gasteiger charge is -2.42. The predicted octanol–water partition coefficient (Wildman–Crippen LogP) is 12.6. The molecule has 2 aromatic carbocycles. The molecule has 45 heavy (non-hydrogen) atoms. The first-order valence-corrected chi connectivity index (χ1v) is 17.2. The molecule has 0 amide bonds. The van der Waals surface area contributed by atoms with E-state index in [-0.39, 0.29) is 16.9 Å². The summed E-state index contributed by atoms with van der Waals surface area (Å²) in [5.41, 5.74) is -1.79. The summed E-state index contributed by atoms with van der Waals surface area (Å²) in [5.74, 6) is -0.155. The first kappa shape index (κ1) is 34.1. The van der Waals surface area contributed by atoms with E-state index in [1.807, 2.05) is 0 Å². The maximum Gasteiger partial charge on any atom is 0.419 e. The fourth-order valence-electron chi connectivity index (χ4n) is 8.59. The van der Waals surface area contributed by atoms with E-state index in [0.29, 0.717) is 36.8 Å². The first-order valence-electron chi connectivity index (χ1n) is 17.2. The molecule has 0 unspecified atom stereocenters. The van der Waals surface area contributed by atoms with Crippen LogP contribution in [0.15, 0.2) is 36.4 Å². The molecule has 3 fully saturated rings. The second-order valence-corrected chi connectivity index (χ2v) is 14.1. The Hall–Kier alpha value is -2.25. The number of hydrogen-bond donors (Lipinski definition) is 0. The Labute approximate surface area is 263 Å². The summed E-state index contributed by atoms with van der Waals surface area (Å²) < 4.78 is 103. The number of ether oxygens (including phenoxy) is 1. The van der Waals surface area contributed by atoms with Crippen molar-refractivity contribution in [2.75, 3.05) is 0 Å². The van der Waals surface area contributed by atoms with Crippen molar-refractivity contribution in [3.05, 3.63) is 53.6 Å². The van der Waals surface area contributed by atoms with E-state index in [1.165, 1.54) is 77.0 Å². The summed E-state index contributed by atoms with van der Waals surface area (Å²) in [6.45, 7) is 2.26. The minimum atomic E-state index is -4.88. The summed E-state index contributed by atoms with van der Waals surface area (Å²) >= 11 is 0. The molecule has 8 heteroatoms. The van der Waals surface area contributed by atoms with Crippen LogP contribution in [0.1, 0.15) is 115 Å². The van der Waals surface area contributed by atoms with Crippen molar-refractivity contribution in [1.29, 1.82) is 0 Å². The molecule has 0 aromatic heterocycles. The molecule has 0 radical (unpaired) electrons. The fraction of sp³-hybridized carbons (Fsp3) is 0.676. The average Bonchev–Trinajstić information content (AvgIpc) is 3.01. The van der Waals surface area contributed by atoms with Gasteiger partial charge in [0.25, 0.3) is 0 Å². The molecule has 0 aliphatic heterocycles. The van der Waals surface area contributed by atoms with Gasteiger partial charge in [0.2, 0.25) is 0 Å². The third-order valence-electron chi connectivity index (χ3n) is 11.3. The van der Waals surface area contributed by atoms with Crippen molar-refractivity contribution in [1.82, 2.24) is 0 Å². The highest BCUT2D eigenvalue weighted by atomic mass is 19.4. The smallest absolute Gasteiger partial charge is 0.419 e. The van der Waals surface area contributed by atoms with Crippen LogP contribution in [0.25, 0.3) is 11.1 Å². The zero-order valence-electron chi connectivity index (χ0n) is 26.3. The number of benzene rings is 2. The molecule has 250 valence electrons. The minimum Gasteiger partial charge on any atom is -0.432 e. The summed E-state index contributed by atoms with van der Waals surface area (Å²) in [5, 5.41) is 0. The van der Waals surface area contributed by atoms with Crippen molar-refractivity contribution in [3.63, 3.8) is 0 Å². The van der Waals surface area contributed by atoms with Crippen LogP contribution in [0.3, 0.4) is 0 Å². The van der Waals surface area contributed by atoms with E-state index in [2.05, 4.69) is 6.92 Å². The first-order chi connectivity index (χ1) is 21.4. The molecular weight excluding hydrogens is 593 g/mol. The second-order valence-electron chi connectivity index (χ2n) is 14.1. The largest absolute Gasteiger partial charge is 0.432 e. The molecule has 0 atom stereocenters. The Morgan fingerprint density at radius 2 is 1.20 bits per heavy atom. The molecule has 2 aromatic rings. The maximum absolute atomic E-state index is 15.2. The van der Waals surface area contributed by atoms with Gasteiger partial charge in [-0.05, 0) is 124 Å². The Morgan fingerprint density at radius 1 is 0.644 bits per heavy atom. The Balaban J connectivity index is 1.08. The van der Waals surface area contributed by atoms with Gasteiger partial charge in [-0.15, -0.1) is 0 Å². The van der Waals surface area contributed by atoms with Crippen molar-refractivity contribution < 1.29 is 35.5 Å². The molecule has 0 spiro atoms. The van der Waals surface area contributed by atoms with Gasteiger partial charge in [0.05, 0.1) is 11.5 Å². The van der Waals surface area contributed by atoms with E-state index >= 15 is 8.78 Å². The Bertz CT molecular complexity index is 1230. The molecular formula is C37H47F7O. The van der Waals surface area contributed by atoms with E-state index in [0.717, 1.165) is 54.9 Å². The fourth-order valence-corrected chi connectivity index (χ4v) is 8.59. The van der Waals surface area contributed by atoms with E-state index in [9.17, 15) is 22.0 Å². The van der Waals surface area contributed by atoms with E-state index < -0.39 is 35.4 Å². The van der Waals surface area contributed by atoms with Crippen LogP contribution >= 0.6 is 0 Å². The number of rotatable bonds is 10. The molecule has 0 bridgehead atoms. The monoisotopic (exact) mass is 640 g/mol. The van der Waals surface area contributed by atoms with Crippen LogP contribution in [-0.4, -0.2) is 6.11 Å². The second kappa shape index (κ2) is 14.7. The standard InChI is InChI=1S/C37H47F7O/c1-2-3-4-5-24-6-8-25(9-7-24)26-10-12-27(13-11-26)28-14-17-30(18-15-28)37(43,44)45-31-19-20-32(34(38)23-31)29-16-21-33(35(39)22-29)36(40,41)42/h16,19-28,30H,2-15,17-18H2,1H3. The lowest BCUT2D eigenvalue weighted by atomic mass is 9.65. The van der Waals surface area contributed by atoms with Gasteiger partial charge >= 0.3 is 12.3 Å². The quantitative estimate of drug-likeness (QED) is 0.185. The van der Waals surface area contributed by atoms with Crippen LogP contribution in [0.5, 0.6) is 5.75 Å². The number of unbranched alkanes of at least 4 members (excludes halogenated alkanes) is 2. The van der Waals surface area contributed by atoms with Crippen molar-refractivity contribution in [3.8, 4) is 16.9 Å². The highest BCUT2D eigenvalue weighted by Crippen LogP contribution is 2.48. The van der Waals surface area contributed by atoms with E-state index in [4.69, 9.17) is 4.74 Å². The SMILES string of the molecule is CCCCCC1CCC(C2CCC(C3CCC(C(F)(F)Oc4ccc(-c5ccc(C(F)(F)F)c(F)c5)c(F)c4)CC3)CC2)CC1. The molecule has 0 saturated heterocycles. The topological polar surface area (TPSA) is 9.23 Å². The van der Waals surface area contributed by atoms with E-state index in [1.54, 1.807) is 0 Å². The maximum atomic E-state index is 15.2. The molecule has 3 aliphatic rings. The van der Waals surface area contributed by atoms with Gasteiger partial charge < -0.3 is 4.74 Å². The Kier molecular flexibility index (Phi) is 11.1. The van der Waals surface area contributed by atoms with Crippen molar-refractivity contribution in [2.45, 2.75) is 122 Å². The van der Waals surface area contributed by atoms with Gasteiger partial charge in [-0.25, -0.2) is 8.78 Å². The third-order valence-corrected chi connectivity index (χ3v) is 11.3. The predicted molar refractivity (Wildman–Crippen MR) is 163 cm³/mol. The zero-order valence-corrected chi connectivity index (χ0v) is 26.3. The van der Waals surface area contributed by atoms with Gasteiger partial charge in [-0.1, -0.05) is 51.5 Å². The van der Waals surface area contributed by atoms with Crippen LogP contribution in [0.4, 0.5) is 30.7 Å². The van der Waals surface area contributed by atoms with Crippen LogP contribution in [0.2, 0.25) is 0 Å². The average molecular weight is 641 g/mol. The summed E-state index contributed by atoms with van der Waals surface area (Å²) in [6.07, 6.45) is 9.76. The minimum absolute atomic E-state index is 0.131. The molecule has 1 nitrogen and oxygen atoms in total. The van der Waals surface area contributed by atoms with Gasteiger partial charge in [0.1, 0.15) is 17.4 Å². The summed E-state index contributed by atoms with van der Waals surface area (Å²) in [6, 6.07) is 5.11. The lowest BCUT2D eigenvalue weighted by Crippen LogP contribution is -2.38. The normalized spacial score (nSPS) is 28.2. The Morgan fingerprint density at radius 3 is 1.71 bits per heavy atom. The number of halogens is 7. The van der Waals surface area contributed by atoms with Crippen molar-refractivity contribution in [2.24, 2.45) is 35.5 Å². The van der Waals surface area contributed by atoms with Crippen molar-refractivity contribution >= 4 is 0 Å². The highest BCUT2D eigenvalue weighted by molar-refractivity contribution is 5.65. The summed E-state index contributed by atoms with van der Waals surface area (Å²) in [7, 11) is 0. The highest BCUT2D eigenvalue weighted by Gasteiger charge is 2.45. The van der Waals surface area contributed by atoms with Gasteiger partial charge in [0.15, 0.2) is 0 Å². The van der Waals surface area contributed by atoms with Gasteiger partial charge in [0, 0.05) is 11.6 Å². The van der Waals surface area contributed by atoms with Crippen LogP contribution in [-0.2, 0) is 6.18 Å². The molecule has 5 rings (SSSR count). The zero-order chi connectivity index (χ0) is 32.2. The lowest BCUT2D eigenvalue weighted by molar-refractivity contribution is -0.224. The van der Waals surface area contributed by atoms with Crippen LogP contribution in [0, 0.1) is 47.1 Å². The molecule has 0 heterocycles. The van der Waals surface area contributed by atoms with Crippen LogP contribution < -0.4 is 4.74 Å². The van der Waals surface area contributed by atoms with Gasteiger partial charge in [-0.3, -0.25) is 0 Å². The third kappa shape index (κ3) is 8.57. The molecule has 3 aliphatic carbocycles. The van der Waals surface area contributed by atoms with Gasteiger partial charge in [-0.2, -0.15) is 22.0 Å². The molecule has 0 N–H and O–H groups in total.